The topological polar surface area (TPSA) is 29.0 Å². The van der Waals surface area contributed by atoms with E-state index in [1.54, 1.807) is 0 Å². The van der Waals surface area contributed by atoms with Crippen LogP contribution in [0.5, 0.6) is 0 Å². The zero-order valence-electron chi connectivity index (χ0n) is 10.9. The molecule has 5 heteroatoms. The van der Waals surface area contributed by atoms with Crippen molar-refractivity contribution in [2.75, 3.05) is 20.1 Å². The molecule has 0 N–H and O–H groups in total. The summed E-state index contributed by atoms with van der Waals surface area (Å²) >= 11 is 1.30. The van der Waals surface area contributed by atoms with Gasteiger partial charge in [-0.25, -0.2) is 0 Å². The fourth-order valence-corrected chi connectivity index (χ4v) is 2.48. The summed E-state index contributed by atoms with van der Waals surface area (Å²) in [5, 5.41) is 0. The molecule has 1 aromatic carbocycles. The van der Waals surface area contributed by atoms with Gasteiger partial charge in [0.05, 0.1) is 11.7 Å². The lowest BCUT2D eigenvalue weighted by Crippen LogP contribution is -2.22. The van der Waals surface area contributed by atoms with Crippen LogP contribution in [0.3, 0.4) is 0 Å². The van der Waals surface area contributed by atoms with E-state index in [0.29, 0.717) is 0 Å². The van der Waals surface area contributed by atoms with Crippen molar-refractivity contribution in [3.63, 3.8) is 0 Å². The van der Waals surface area contributed by atoms with Gasteiger partial charge in [0, 0.05) is 6.54 Å². The summed E-state index contributed by atoms with van der Waals surface area (Å²) in [4.78, 5) is 2.39. The molecule has 2 aromatic rings. The molecule has 3 nitrogen and oxygen atoms in total. The van der Waals surface area contributed by atoms with Crippen molar-refractivity contribution in [1.82, 2.24) is 13.6 Å². The van der Waals surface area contributed by atoms with Crippen LogP contribution in [-0.4, -0.2) is 33.8 Å². The molecule has 0 aliphatic rings. The first kappa shape index (κ1) is 15.5. The van der Waals surface area contributed by atoms with Gasteiger partial charge in [0.25, 0.3) is 0 Å². The third-order valence-electron chi connectivity index (χ3n) is 3.03. The van der Waals surface area contributed by atoms with Crippen LogP contribution < -0.4 is 0 Å². The number of nitrogens with zero attached hydrogens (tertiary/aromatic N) is 3. The zero-order chi connectivity index (χ0) is 12.1. The Morgan fingerprint density at radius 2 is 2.06 bits per heavy atom. The highest BCUT2D eigenvalue weighted by Crippen LogP contribution is 2.16. The second-order valence-corrected chi connectivity index (χ2v) is 4.98. The first-order valence-corrected chi connectivity index (χ1v) is 6.93. The van der Waals surface area contributed by atoms with Crippen molar-refractivity contribution in [1.29, 1.82) is 0 Å². The Morgan fingerprint density at radius 1 is 1.22 bits per heavy atom. The van der Waals surface area contributed by atoms with Crippen molar-refractivity contribution in [3.8, 4) is 0 Å². The average molecular weight is 330 g/mol. The van der Waals surface area contributed by atoms with Gasteiger partial charge >= 0.3 is 0 Å². The van der Waals surface area contributed by atoms with E-state index >= 15 is 0 Å². The molecular formula is C13H20BrN3S. The molecule has 1 heterocycles. The number of benzene rings is 1. The molecule has 0 bridgehead atoms. The minimum Gasteiger partial charge on any atom is -0.306 e. The lowest BCUT2D eigenvalue weighted by molar-refractivity contribution is 0.332. The van der Waals surface area contributed by atoms with Gasteiger partial charge in [-0.05, 0) is 38.1 Å². The predicted octanol–water partition coefficient (Wildman–Crippen LogP) is 3.54. The molecule has 1 aromatic heterocycles. The molecule has 0 unspecified atom stereocenters. The number of hydrogen-bond donors (Lipinski definition) is 0. The van der Waals surface area contributed by atoms with Crippen LogP contribution in [0.4, 0.5) is 0 Å². The summed E-state index contributed by atoms with van der Waals surface area (Å²) < 4.78 is 8.64. The van der Waals surface area contributed by atoms with Crippen LogP contribution in [0, 0.1) is 0 Å². The van der Waals surface area contributed by atoms with Gasteiger partial charge in [0.1, 0.15) is 11.0 Å². The van der Waals surface area contributed by atoms with Crippen molar-refractivity contribution in [2.45, 2.75) is 26.2 Å². The number of likely N-dealkylation sites (N-methyl/N-ethyl adjacent to an activating group) is 1. The monoisotopic (exact) mass is 329 g/mol. The van der Waals surface area contributed by atoms with E-state index in [2.05, 4.69) is 39.8 Å². The molecule has 100 valence electrons. The van der Waals surface area contributed by atoms with Crippen LogP contribution in [0.15, 0.2) is 18.2 Å². The van der Waals surface area contributed by atoms with Crippen molar-refractivity contribution in [3.05, 3.63) is 23.8 Å². The van der Waals surface area contributed by atoms with Gasteiger partial charge in [0.15, 0.2) is 0 Å². The van der Waals surface area contributed by atoms with Crippen LogP contribution in [0.25, 0.3) is 11.0 Å². The first-order chi connectivity index (χ1) is 8.31. The minimum absolute atomic E-state index is 0. The molecule has 0 fully saturated rings. The Labute approximate surface area is 123 Å². The summed E-state index contributed by atoms with van der Waals surface area (Å²) in [6.07, 6.45) is 3.60. The highest BCUT2D eigenvalue weighted by atomic mass is 79.9. The number of hydrogen-bond acceptors (Lipinski definition) is 4. The highest BCUT2D eigenvalue weighted by molar-refractivity contribution is 8.93. The van der Waals surface area contributed by atoms with E-state index < -0.39 is 0 Å². The van der Waals surface area contributed by atoms with Crippen LogP contribution >= 0.6 is 28.7 Å². The van der Waals surface area contributed by atoms with Crippen molar-refractivity contribution < 1.29 is 0 Å². The summed E-state index contributed by atoms with van der Waals surface area (Å²) in [7, 11) is 2.19. The Bertz CT molecular complexity index is 472. The van der Waals surface area contributed by atoms with Crippen LogP contribution in [0.2, 0.25) is 0 Å². The van der Waals surface area contributed by atoms with E-state index in [9.17, 15) is 0 Å². The Morgan fingerprint density at radius 3 is 2.83 bits per heavy atom. The van der Waals surface area contributed by atoms with Gasteiger partial charge < -0.3 is 4.90 Å². The van der Waals surface area contributed by atoms with Crippen molar-refractivity contribution >= 4 is 39.7 Å². The number of halogens is 1. The van der Waals surface area contributed by atoms with E-state index in [1.807, 2.05) is 6.07 Å². The highest BCUT2D eigenvalue weighted by Gasteiger charge is 2.05. The Balaban J connectivity index is 0.00000162. The number of rotatable bonds is 6. The van der Waals surface area contributed by atoms with Crippen LogP contribution in [0.1, 0.15) is 25.3 Å². The van der Waals surface area contributed by atoms with E-state index in [1.165, 1.54) is 36.7 Å². The fourth-order valence-electron chi connectivity index (χ4n) is 1.91. The molecule has 0 saturated carbocycles. The van der Waals surface area contributed by atoms with E-state index in [-0.39, 0.29) is 17.0 Å². The SMILES string of the molecule is Br.CCCCN(C)CCc1cccc2nsnc12. The smallest absolute Gasteiger partial charge is 0.108 e. The molecule has 18 heavy (non-hydrogen) atoms. The Kier molecular flexibility index (Phi) is 6.75. The number of fused-ring (bicyclic) bond motifs is 1. The standard InChI is InChI=1S/C13H19N3S.BrH/c1-3-4-9-16(2)10-8-11-6-5-7-12-13(11)15-17-14-12;/h5-7H,3-4,8-10H2,1-2H3;1H. The molecular weight excluding hydrogens is 310 g/mol. The van der Waals surface area contributed by atoms with E-state index in [0.717, 1.165) is 24.0 Å². The summed E-state index contributed by atoms with van der Waals surface area (Å²) in [5.74, 6) is 0. The molecule has 0 atom stereocenters. The summed E-state index contributed by atoms with van der Waals surface area (Å²) in [6.45, 7) is 4.51. The molecule has 0 aliphatic carbocycles. The number of aromatic nitrogens is 2. The van der Waals surface area contributed by atoms with Gasteiger partial charge in [-0.1, -0.05) is 25.5 Å². The van der Waals surface area contributed by atoms with Gasteiger partial charge in [-0.2, -0.15) is 8.75 Å². The lowest BCUT2D eigenvalue weighted by atomic mass is 10.1. The maximum Gasteiger partial charge on any atom is 0.108 e. The predicted molar refractivity (Wildman–Crippen MR) is 83.8 cm³/mol. The van der Waals surface area contributed by atoms with Crippen LogP contribution in [-0.2, 0) is 6.42 Å². The molecule has 0 saturated heterocycles. The maximum atomic E-state index is 4.37. The second-order valence-electron chi connectivity index (χ2n) is 4.46. The fraction of sp³-hybridized carbons (Fsp3) is 0.538. The largest absolute Gasteiger partial charge is 0.306 e. The van der Waals surface area contributed by atoms with E-state index in [4.69, 9.17) is 0 Å². The average Bonchev–Trinajstić information content (AvgIpc) is 2.82. The molecule has 0 radical (unpaired) electrons. The quantitative estimate of drug-likeness (QED) is 0.811. The Hall–Kier alpha value is -0.520. The molecule has 0 spiro atoms. The zero-order valence-corrected chi connectivity index (χ0v) is 13.5. The van der Waals surface area contributed by atoms with Gasteiger partial charge in [-0.15, -0.1) is 17.0 Å². The third kappa shape index (κ3) is 4.00. The minimum atomic E-state index is 0. The van der Waals surface area contributed by atoms with Gasteiger partial charge in [0.2, 0.25) is 0 Å². The molecule has 0 aliphatic heterocycles. The number of unbranched alkanes of at least 4 members (excludes halogenated alkanes) is 1. The molecule has 2 rings (SSSR count). The third-order valence-corrected chi connectivity index (χ3v) is 3.57. The maximum absolute atomic E-state index is 4.37. The second kappa shape index (κ2) is 7.81. The summed E-state index contributed by atoms with van der Waals surface area (Å²) in [5.41, 5.74) is 3.43. The van der Waals surface area contributed by atoms with Gasteiger partial charge in [-0.3, -0.25) is 0 Å². The first-order valence-electron chi connectivity index (χ1n) is 6.20. The normalized spacial score (nSPS) is 10.8. The van der Waals surface area contributed by atoms with Crippen molar-refractivity contribution in [2.24, 2.45) is 0 Å². The lowest BCUT2D eigenvalue weighted by Gasteiger charge is -2.15. The summed E-state index contributed by atoms with van der Waals surface area (Å²) in [6, 6.07) is 6.27. The molecule has 0 amide bonds.